The quantitative estimate of drug-likeness (QED) is 0.442. The van der Waals surface area contributed by atoms with Crippen LogP contribution in [0.4, 0.5) is 0 Å². The van der Waals surface area contributed by atoms with Crippen molar-refractivity contribution in [1.82, 2.24) is 29.5 Å². The summed E-state index contributed by atoms with van der Waals surface area (Å²) in [6.45, 7) is 2.06. The molecular formula is C21H15ClN6O2. The smallest absolute Gasteiger partial charge is 0.293 e. The highest BCUT2D eigenvalue weighted by Crippen LogP contribution is 2.26. The third-order valence-corrected chi connectivity index (χ3v) is 5.03. The minimum Gasteiger partial charge on any atom is -0.337 e. The highest BCUT2D eigenvalue weighted by molar-refractivity contribution is 6.33. The summed E-state index contributed by atoms with van der Waals surface area (Å²) in [5.41, 5.74) is 3.37. The van der Waals surface area contributed by atoms with Crippen molar-refractivity contribution in [3.63, 3.8) is 0 Å². The highest BCUT2D eigenvalue weighted by atomic mass is 35.5. The van der Waals surface area contributed by atoms with Gasteiger partial charge in [-0.2, -0.15) is 15.2 Å². The number of rotatable bonds is 4. The maximum absolute atomic E-state index is 12.9. The van der Waals surface area contributed by atoms with Gasteiger partial charge in [-0.3, -0.25) is 4.79 Å². The molecule has 0 radical (unpaired) electrons. The van der Waals surface area contributed by atoms with E-state index in [1.807, 2.05) is 49.4 Å². The van der Waals surface area contributed by atoms with Gasteiger partial charge in [0.15, 0.2) is 0 Å². The first-order valence-corrected chi connectivity index (χ1v) is 9.56. The molecule has 0 saturated carbocycles. The third-order valence-electron chi connectivity index (χ3n) is 4.70. The first-order valence-electron chi connectivity index (χ1n) is 9.18. The van der Waals surface area contributed by atoms with Crippen LogP contribution in [0.5, 0.6) is 0 Å². The summed E-state index contributed by atoms with van der Waals surface area (Å²) in [4.78, 5) is 17.3. The lowest BCUT2D eigenvalue weighted by Gasteiger charge is -2.00. The summed E-state index contributed by atoms with van der Waals surface area (Å²) in [7, 11) is 0. The molecule has 0 N–H and O–H groups in total. The Kier molecular flexibility index (Phi) is 4.40. The lowest BCUT2D eigenvalue weighted by molar-refractivity contribution is 0.362. The van der Waals surface area contributed by atoms with E-state index in [0.717, 1.165) is 16.7 Å². The largest absolute Gasteiger partial charge is 0.337 e. The average molecular weight is 419 g/mol. The molecule has 0 bridgehead atoms. The zero-order valence-electron chi connectivity index (χ0n) is 15.9. The molecule has 0 aliphatic heterocycles. The van der Waals surface area contributed by atoms with Gasteiger partial charge in [-0.25, -0.2) is 9.20 Å². The number of hydrogen-bond acceptors (Lipinski definition) is 6. The summed E-state index contributed by atoms with van der Waals surface area (Å²) in [6, 6.07) is 16.8. The van der Waals surface area contributed by atoms with Crippen LogP contribution in [0.3, 0.4) is 0 Å². The number of hydrogen-bond donors (Lipinski definition) is 0. The van der Waals surface area contributed by atoms with Crippen LogP contribution >= 0.6 is 11.6 Å². The second-order valence-corrected chi connectivity index (χ2v) is 7.22. The molecule has 0 atom stereocenters. The number of benzene rings is 2. The molecule has 3 heterocycles. The Balaban J connectivity index is 1.47. The molecule has 0 aliphatic carbocycles. The van der Waals surface area contributed by atoms with Gasteiger partial charge in [0.05, 0.1) is 10.7 Å². The number of fused-ring (bicyclic) bond motifs is 1. The average Bonchev–Trinajstić information content (AvgIpc) is 3.39. The summed E-state index contributed by atoms with van der Waals surface area (Å²) in [5, 5.41) is 13.1. The standard InChI is InChI=1S/C21H15ClN6O2/c1-13-6-8-14(9-7-13)20-24-19(30-26-20)11-27-21(29)18-10-17(25-28(18)12-23-27)15-4-2-3-5-16(15)22/h2-10,12H,11H2,1H3. The molecule has 0 spiro atoms. The molecule has 0 amide bonds. The zero-order chi connectivity index (χ0) is 20.7. The van der Waals surface area contributed by atoms with E-state index >= 15 is 0 Å². The fourth-order valence-electron chi connectivity index (χ4n) is 3.12. The Hall–Kier alpha value is -3.78. The molecule has 8 nitrogen and oxygen atoms in total. The molecule has 148 valence electrons. The van der Waals surface area contributed by atoms with E-state index in [1.165, 1.54) is 15.5 Å². The van der Waals surface area contributed by atoms with E-state index in [9.17, 15) is 4.79 Å². The van der Waals surface area contributed by atoms with Crippen molar-refractivity contribution in [3.05, 3.63) is 87.8 Å². The number of halogens is 1. The van der Waals surface area contributed by atoms with Crippen molar-refractivity contribution in [2.24, 2.45) is 0 Å². The van der Waals surface area contributed by atoms with Crippen LogP contribution in [0.2, 0.25) is 5.02 Å². The van der Waals surface area contributed by atoms with Gasteiger partial charge in [-0.15, -0.1) is 0 Å². The Morgan fingerprint density at radius 3 is 2.70 bits per heavy atom. The Labute approximate surface area is 175 Å². The number of aryl methyl sites for hydroxylation is 1. The first kappa shape index (κ1) is 18.3. The van der Waals surface area contributed by atoms with E-state index < -0.39 is 0 Å². The van der Waals surface area contributed by atoms with Crippen molar-refractivity contribution < 1.29 is 4.52 Å². The maximum Gasteiger partial charge on any atom is 0.293 e. The summed E-state index contributed by atoms with van der Waals surface area (Å²) in [6.07, 6.45) is 1.47. The van der Waals surface area contributed by atoms with Gasteiger partial charge in [-0.05, 0) is 19.1 Å². The second kappa shape index (κ2) is 7.23. The van der Waals surface area contributed by atoms with Crippen molar-refractivity contribution in [1.29, 1.82) is 0 Å². The van der Waals surface area contributed by atoms with Gasteiger partial charge in [0.2, 0.25) is 11.7 Å². The van der Waals surface area contributed by atoms with Crippen molar-refractivity contribution in [2.75, 3.05) is 0 Å². The van der Waals surface area contributed by atoms with E-state index in [4.69, 9.17) is 16.1 Å². The molecule has 0 unspecified atom stereocenters. The summed E-state index contributed by atoms with van der Waals surface area (Å²) in [5.74, 6) is 0.750. The Morgan fingerprint density at radius 2 is 1.90 bits per heavy atom. The predicted molar refractivity (Wildman–Crippen MR) is 111 cm³/mol. The minimum atomic E-state index is -0.321. The van der Waals surface area contributed by atoms with Crippen LogP contribution in [0.25, 0.3) is 28.2 Å². The van der Waals surface area contributed by atoms with Crippen LogP contribution in [-0.2, 0) is 6.54 Å². The van der Waals surface area contributed by atoms with Gasteiger partial charge in [0, 0.05) is 11.1 Å². The molecule has 2 aromatic carbocycles. The van der Waals surface area contributed by atoms with E-state index in [-0.39, 0.29) is 18.0 Å². The van der Waals surface area contributed by atoms with Gasteiger partial charge in [0.25, 0.3) is 5.56 Å². The van der Waals surface area contributed by atoms with Gasteiger partial charge < -0.3 is 4.52 Å². The van der Waals surface area contributed by atoms with Crippen LogP contribution < -0.4 is 5.56 Å². The minimum absolute atomic E-state index is 0.0564. The molecule has 0 fully saturated rings. The summed E-state index contributed by atoms with van der Waals surface area (Å²) < 4.78 is 8.01. The first-order chi connectivity index (χ1) is 14.6. The lowest BCUT2D eigenvalue weighted by atomic mass is 10.1. The van der Waals surface area contributed by atoms with Crippen molar-refractivity contribution in [2.45, 2.75) is 13.5 Å². The van der Waals surface area contributed by atoms with E-state index in [2.05, 4.69) is 20.3 Å². The Bertz CT molecular complexity index is 1420. The fourth-order valence-corrected chi connectivity index (χ4v) is 3.35. The van der Waals surface area contributed by atoms with Crippen LogP contribution in [0.15, 0.2) is 70.2 Å². The second-order valence-electron chi connectivity index (χ2n) is 6.81. The molecule has 5 aromatic rings. The lowest BCUT2D eigenvalue weighted by Crippen LogP contribution is -2.25. The molecule has 0 saturated heterocycles. The van der Waals surface area contributed by atoms with Crippen LogP contribution in [-0.4, -0.2) is 29.5 Å². The normalized spacial score (nSPS) is 11.3. The maximum atomic E-state index is 12.9. The fraction of sp³-hybridized carbons (Fsp3) is 0.0952. The summed E-state index contributed by atoms with van der Waals surface area (Å²) >= 11 is 6.25. The molecule has 9 heteroatoms. The molecule has 3 aromatic heterocycles. The SMILES string of the molecule is Cc1ccc(-c2noc(Cn3ncn4nc(-c5ccccc5Cl)cc4c3=O)n2)cc1. The molecule has 0 aliphatic rings. The molecule has 5 rings (SSSR count). The highest BCUT2D eigenvalue weighted by Gasteiger charge is 2.14. The van der Waals surface area contributed by atoms with Gasteiger partial charge in [-0.1, -0.05) is 64.8 Å². The van der Waals surface area contributed by atoms with Crippen molar-refractivity contribution in [3.8, 4) is 22.6 Å². The van der Waals surface area contributed by atoms with E-state index in [0.29, 0.717) is 22.1 Å². The third kappa shape index (κ3) is 3.27. The van der Waals surface area contributed by atoms with Crippen LogP contribution in [0.1, 0.15) is 11.5 Å². The van der Waals surface area contributed by atoms with Crippen molar-refractivity contribution >= 4 is 17.1 Å². The zero-order valence-corrected chi connectivity index (χ0v) is 16.6. The number of nitrogens with zero attached hydrogens (tertiary/aromatic N) is 6. The number of aromatic nitrogens is 6. The molecular weight excluding hydrogens is 404 g/mol. The topological polar surface area (TPSA) is 91.1 Å². The molecule has 30 heavy (non-hydrogen) atoms. The Morgan fingerprint density at radius 1 is 1.10 bits per heavy atom. The van der Waals surface area contributed by atoms with Gasteiger partial charge in [0.1, 0.15) is 18.4 Å². The van der Waals surface area contributed by atoms with Gasteiger partial charge >= 0.3 is 0 Å². The monoisotopic (exact) mass is 418 g/mol. The van der Waals surface area contributed by atoms with Crippen LogP contribution in [0, 0.1) is 6.92 Å². The van der Waals surface area contributed by atoms with E-state index in [1.54, 1.807) is 12.1 Å². The predicted octanol–water partition coefficient (Wildman–Crippen LogP) is 3.62.